The largest absolute Gasteiger partial charge is 0.506 e. The van der Waals surface area contributed by atoms with Gasteiger partial charge >= 0.3 is 24.3 Å². The van der Waals surface area contributed by atoms with Gasteiger partial charge in [0.1, 0.15) is 12.3 Å². The Labute approximate surface area is 283 Å². The van der Waals surface area contributed by atoms with Gasteiger partial charge in [-0.05, 0) is 56.2 Å². The molecule has 0 atom stereocenters. The number of ketones is 1. The van der Waals surface area contributed by atoms with Crippen molar-refractivity contribution in [3.63, 3.8) is 0 Å². The highest BCUT2D eigenvalue weighted by Gasteiger charge is 2.49. The molecule has 2 aromatic rings. The quantitative estimate of drug-likeness (QED) is 0.130. The van der Waals surface area contributed by atoms with Gasteiger partial charge in [-0.2, -0.15) is 30.9 Å². The minimum atomic E-state index is -4.43. The highest BCUT2D eigenvalue weighted by atomic mass is 19.4. The van der Waals surface area contributed by atoms with Gasteiger partial charge < -0.3 is 20.2 Å². The number of allylic oxidation sites excluding steroid dienone is 5. The van der Waals surface area contributed by atoms with E-state index in [1.807, 2.05) is 0 Å². The Kier molecular flexibility index (Phi) is 9.08. The molecule has 14 heteroatoms. The van der Waals surface area contributed by atoms with E-state index in [9.17, 15) is 56.0 Å². The van der Waals surface area contributed by atoms with Crippen LogP contribution in [0.2, 0.25) is 0 Å². The molecule has 3 aliphatic rings. The number of aliphatic hydroxyl groups is 1. The summed E-state index contributed by atoms with van der Waals surface area (Å²) in [5.74, 6) is -3.54. The van der Waals surface area contributed by atoms with Gasteiger partial charge in [-0.15, -0.1) is 0 Å². The summed E-state index contributed by atoms with van der Waals surface area (Å²) in [4.78, 5) is 39.1. The maximum absolute atomic E-state index is 13.7. The average molecular weight is 706 g/mol. The third-order valence-electron chi connectivity index (χ3n) is 9.50. The third kappa shape index (κ3) is 6.54. The lowest BCUT2D eigenvalue weighted by Crippen LogP contribution is -2.33. The Morgan fingerprint density at radius 2 is 1.52 bits per heavy atom. The molecule has 3 N–H and O–H groups in total. The van der Waals surface area contributed by atoms with Gasteiger partial charge in [0, 0.05) is 54.7 Å². The van der Waals surface area contributed by atoms with Crippen LogP contribution in [0, 0.1) is 0 Å². The maximum atomic E-state index is 13.7. The van der Waals surface area contributed by atoms with Crippen LogP contribution in [0.15, 0.2) is 71.2 Å². The molecule has 0 spiro atoms. The Bertz CT molecular complexity index is 1930. The number of aliphatic hydroxyl groups excluding tert-OH is 1. The molecule has 0 radical (unpaired) electrons. The van der Waals surface area contributed by atoms with Gasteiger partial charge in [0.25, 0.3) is 0 Å². The standard InChI is InChI=1S/C36H34F6N2O6/c1-33(2)23-16-19(31(47)48)10-11-24(23)43(14-6-12-35(37,38)39)26(33)17-21-29(45)22(30(21)46)18-27-34(3,4)28-20(32(49)50)8-5-9-25(28)44(27)15-7-13-36(40,41)42/h5,8-11,16-18H,6-7,12-15H2,1-4H3,(H2-,45,46,47,48,49,50)/p+1. The fraction of sp³-hybridized carbons (Fsp3) is 0.389. The Morgan fingerprint density at radius 3 is 2.10 bits per heavy atom. The van der Waals surface area contributed by atoms with Crippen LogP contribution in [0.3, 0.4) is 0 Å². The molecule has 0 unspecified atom stereocenters. The first kappa shape index (κ1) is 36.4. The number of fused-ring (bicyclic) bond motifs is 2. The van der Waals surface area contributed by atoms with Crippen LogP contribution >= 0.6 is 0 Å². The van der Waals surface area contributed by atoms with Gasteiger partial charge in [-0.1, -0.05) is 19.9 Å². The van der Waals surface area contributed by atoms with Crippen LogP contribution < -0.4 is 4.90 Å². The SMILES string of the molecule is CC1(C)C(/C=C2\C(=O)C(/C=C3\N(CCCC(F)(F)F)c4ccc(C(=O)O)cc4C3(C)C)=C2O)=[N+](CCCC(F)(F)F)c2cccc(C(=O)O)c21. The summed E-state index contributed by atoms with van der Waals surface area (Å²) in [6.45, 7) is 6.50. The van der Waals surface area contributed by atoms with Crippen molar-refractivity contribution in [2.75, 3.05) is 18.0 Å². The van der Waals surface area contributed by atoms with Crippen LogP contribution in [0.25, 0.3) is 0 Å². The first-order valence-electron chi connectivity index (χ1n) is 15.8. The summed E-state index contributed by atoms with van der Waals surface area (Å²) >= 11 is 0. The van der Waals surface area contributed by atoms with Crippen molar-refractivity contribution in [2.24, 2.45) is 0 Å². The first-order chi connectivity index (χ1) is 23.1. The summed E-state index contributed by atoms with van der Waals surface area (Å²) in [5.41, 5.74) is -0.230. The number of carbonyl (C=O) groups excluding carboxylic acids is 1. The average Bonchev–Trinajstić information content (AvgIpc) is 3.35. The molecule has 0 bridgehead atoms. The number of carbonyl (C=O) groups is 3. The number of aromatic carboxylic acids is 2. The smallest absolute Gasteiger partial charge is 0.389 e. The Hall–Kier alpha value is -4.88. The second-order valence-corrected chi connectivity index (χ2v) is 13.6. The molecule has 2 aliphatic heterocycles. The number of nitrogens with zero attached hydrogens (tertiary/aromatic N) is 2. The van der Waals surface area contributed by atoms with Crippen molar-refractivity contribution in [3.8, 4) is 0 Å². The third-order valence-corrected chi connectivity index (χ3v) is 9.50. The van der Waals surface area contributed by atoms with Gasteiger partial charge in [0.05, 0.1) is 33.3 Å². The van der Waals surface area contributed by atoms with Crippen LogP contribution in [-0.2, 0) is 15.6 Å². The topological polar surface area (TPSA) is 118 Å². The second kappa shape index (κ2) is 12.5. The number of hydrogen-bond acceptors (Lipinski definition) is 5. The van der Waals surface area contributed by atoms with E-state index in [0.29, 0.717) is 33.9 Å². The van der Waals surface area contributed by atoms with Gasteiger partial charge in [0.2, 0.25) is 11.5 Å². The van der Waals surface area contributed by atoms with Crippen molar-refractivity contribution in [2.45, 2.75) is 76.6 Å². The highest BCUT2D eigenvalue weighted by Crippen LogP contribution is 2.50. The number of hydrogen-bond donors (Lipinski definition) is 3. The molecule has 0 fully saturated rings. The summed E-state index contributed by atoms with van der Waals surface area (Å²) in [5, 5.41) is 30.7. The van der Waals surface area contributed by atoms with E-state index in [1.165, 1.54) is 47.1 Å². The predicted octanol–water partition coefficient (Wildman–Crippen LogP) is 8.15. The summed E-state index contributed by atoms with van der Waals surface area (Å²) < 4.78 is 80.0. The lowest BCUT2D eigenvalue weighted by atomic mass is 9.76. The number of benzene rings is 2. The molecule has 0 aromatic heterocycles. The number of carboxylic acids is 2. The van der Waals surface area contributed by atoms with Crippen LogP contribution in [0.4, 0.5) is 37.7 Å². The van der Waals surface area contributed by atoms with Crippen LogP contribution in [0.1, 0.15) is 85.2 Å². The van der Waals surface area contributed by atoms with E-state index in [2.05, 4.69) is 0 Å². The Balaban J connectivity index is 1.59. The molecular weight excluding hydrogens is 670 g/mol. The molecule has 8 nitrogen and oxygen atoms in total. The zero-order chi connectivity index (χ0) is 37.1. The van der Waals surface area contributed by atoms with Crippen molar-refractivity contribution in [3.05, 3.63) is 93.4 Å². The van der Waals surface area contributed by atoms with Gasteiger partial charge in [0.15, 0.2) is 5.71 Å². The molecule has 50 heavy (non-hydrogen) atoms. The molecule has 0 amide bonds. The predicted molar refractivity (Wildman–Crippen MR) is 171 cm³/mol. The molecule has 2 aromatic carbocycles. The summed E-state index contributed by atoms with van der Waals surface area (Å²) in [7, 11) is 0. The number of halogens is 6. The number of anilines is 1. The molecular formula is C36H35F6N2O6+. The summed E-state index contributed by atoms with van der Waals surface area (Å²) in [6, 6.07) is 8.68. The number of rotatable bonds is 10. The molecule has 0 saturated heterocycles. The lowest BCUT2D eigenvalue weighted by molar-refractivity contribution is -0.439. The highest BCUT2D eigenvalue weighted by molar-refractivity contribution is 6.24. The van der Waals surface area contributed by atoms with Crippen LogP contribution in [-0.4, -0.2) is 68.8 Å². The monoisotopic (exact) mass is 705 g/mol. The van der Waals surface area contributed by atoms with Crippen LogP contribution in [0.5, 0.6) is 0 Å². The van der Waals surface area contributed by atoms with Gasteiger partial charge in [-0.3, -0.25) is 4.79 Å². The second-order valence-electron chi connectivity index (χ2n) is 13.6. The van der Waals surface area contributed by atoms with E-state index >= 15 is 0 Å². The maximum Gasteiger partial charge on any atom is 0.389 e. The van der Waals surface area contributed by atoms with E-state index in [0.717, 1.165) is 0 Å². The minimum Gasteiger partial charge on any atom is -0.506 e. The molecule has 0 saturated carbocycles. The number of alkyl halides is 6. The van der Waals surface area contributed by atoms with Crippen molar-refractivity contribution in [1.82, 2.24) is 0 Å². The van der Waals surface area contributed by atoms with Crippen molar-refractivity contribution < 1.29 is 60.6 Å². The van der Waals surface area contributed by atoms with E-state index in [-0.39, 0.29) is 48.2 Å². The Morgan fingerprint density at radius 1 is 0.880 bits per heavy atom. The molecule has 2 heterocycles. The van der Waals surface area contributed by atoms with E-state index in [4.69, 9.17) is 0 Å². The molecule has 266 valence electrons. The molecule has 1 aliphatic carbocycles. The fourth-order valence-corrected chi connectivity index (χ4v) is 7.06. The number of carboxylic acid groups (broad SMARTS) is 2. The van der Waals surface area contributed by atoms with E-state index < -0.39 is 59.5 Å². The van der Waals surface area contributed by atoms with Gasteiger partial charge in [-0.25, -0.2) is 9.59 Å². The lowest BCUT2D eigenvalue weighted by Gasteiger charge is -2.29. The summed E-state index contributed by atoms with van der Waals surface area (Å²) in [6.07, 6.45) is -8.97. The minimum absolute atomic E-state index is 0.0386. The normalized spacial score (nSPS) is 19.7. The van der Waals surface area contributed by atoms with Crippen molar-refractivity contribution >= 4 is 34.8 Å². The van der Waals surface area contributed by atoms with Crippen molar-refractivity contribution in [1.29, 1.82) is 0 Å². The fourth-order valence-electron chi connectivity index (χ4n) is 7.06. The zero-order valence-electron chi connectivity index (χ0n) is 27.6. The first-order valence-corrected chi connectivity index (χ1v) is 15.8. The molecule has 5 rings (SSSR count). The van der Waals surface area contributed by atoms with E-state index in [1.54, 1.807) is 38.7 Å². The zero-order valence-corrected chi connectivity index (χ0v) is 27.6. The number of Topliss-reactive ketones (excluding diaryl/α,β-unsaturated/α-hetero) is 1.